The summed E-state index contributed by atoms with van der Waals surface area (Å²) >= 11 is 0. The summed E-state index contributed by atoms with van der Waals surface area (Å²) in [6.45, 7) is 7.27. The normalized spacial score (nSPS) is 27.5. The Morgan fingerprint density at radius 3 is 2.52 bits per heavy atom. The summed E-state index contributed by atoms with van der Waals surface area (Å²) < 4.78 is 0. The zero-order valence-corrected chi connectivity index (χ0v) is 17.6. The van der Waals surface area contributed by atoms with Crippen LogP contribution in [-0.2, 0) is 4.79 Å². The van der Waals surface area contributed by atoms with Crippen LogP contribution in [0.3, 0.4) is 0 Å². The van der Waals surface area contributed by atoms with Crippen molar-refractivity contribution in [3.8, 4) is 0 Å². The number of likely N-dealkylation sites (tertiary alicyclic amines) is 1. The van der Waals surface area contributed by atoms with E-state index in [1.54, 1.807) is 12.5 Å². The fraction of sp³-hybridized carbons (Fsp3) is 0.560. The van der Waals surface area contributed by atoms with Crippen molar-refractivity contribution in [3.05, 3.63) is 59.3 Å². The first-order valence-corrected chi connectivity index (χ1v) is 11.4. The van der Waals surface area contributed by atoms with E-state index >= 15 is 0 Å². The summed E-state index contributed by atoms with van der Waals surface area (Å²) in [7, 11) is 0. The minimum Gasteiger partial charge on any atom is -0.317 e. The molecule has 2 fully saturated rings. The van der Waals surface area contributed by atoms with E-state index in [1.807, 2.05) is 0 Å². The molecule has 154 valence electrons. The summed E-state index contributed by atoms with van der Waals surface area (Å²) in [5.74, 6) is 0.624. The molecule has 2 saturated heterocycles. The van der Waals surface area contributed by atoms with Crippen LogP contribution < -0.4 is 5.32 Å². The van der Waals surface area contributed by atoms with E-state index in [0.717, 1.165) is 32.1 Å². The molecule has 3 aliphatic heterocycles. The Kier molecular flexibility index (Phi) is 5.09. The molecule has 29 heavy (non-hydrogen) atoms. The van der Waals surface area contributed by atoms with Gasteiger partial charge in [0.2, 0.25) is 5.91 Å². The number of allylic oxidation sites excluding steroid dienone is 2. The first kappa shape index (κ1) is 19.1. The van der Waals surface area contributed by atoms with Gasteiger partial charge in [0.25, 0.3) is 0 Å². The maximum absolute atomic E-state index is 12.4. The molecule has 1 amide bonds. The molecule has 1 unspecified atom stereocenters. The van der Waals surface area contributed by atoms with Crippen LogP contribution in [0.15, 0.2) is 53.8 Å². The average Bonchev–Trinajstić information content (AvgIpc) is 3.09. The van der Waals surface area contributed by atoms with E-state index in [0.29, 0.717) is 5.92 Å². The number of hydrogen-bond acceptors (Lipinski definition) is 3. The summed E-state index contributed by atoms with van der Waals surface area (Å²) in [6, 6.07) is 11.6. The van der Waals surface area contributed by atoms with Gasteiger partial charge in [0.1, 0.15) is 0 Å². The molecule has 4 nitrogen and oxygen atoms in total. The summed E-state index contributed by atoms with van der Waals surface area (Å²) in [4.78, 5) is 17.2. The number of piperidine rings is 2. The van der Waals surface area contributed by atoms with Crippen LogP contribution >= 0.6 is 0 Å². The molecule has 5 rings (SSSR count). The lowest BCUT2D eigenvalue weighted by atomic mass is 9.69. The number of hydrogen-bond donors (Lipinski definition) is 1. The molecular formula is C25H33N3O. The first-order chi connectivity index (χ1) is 14.2. The summed E-state index contributed by atoms with van der Waals surface area (Å²) in [5, 5.41) is 3.49. The van der Waals surface area contributed by atoms with Gasteiger partial charge in [-0.25, -0.2) is 0 Å². The Morgan fingerprint density at radius 2 is 1.83 bits per heavy atom. The number of fused-ring (bicyclic) bond motifs is 1. The van der Waals surface area contributed by atoms with Crippen LogP contribution in [0.25, 0.3) is 0 Å². The second-order valence-corrected chi connectivity index (χ2v) is 9.35. The molecule has 1 atom stereocenters. The highest BCUT2D eigenvalue weighted by Gasteiger charge is 2.48. The highest BCUT2D eigenvalue weighted by Crippen LogP contribution is 2.52. The maximum atomic E-state index is 12.4. The summed E-state index contributed by atoms with van der Waals surface area (Å²) in [6.07, 6.45) is 10.6. The maximum Gasteiger partial charge on any atom is 0.223 e. The van der Waals surface area contributed by atoms with Crippen LogP contribution in [0, 0.1) is 5.41 Å². The van der Waals surface area contributed by atoms with Crippen LogP contribution in [-0.4, -0.2) is 54.5 Å². The Bertz CT molecular complexity index is 814. The van der Waals surface area contributed by atoms with Crippen molar-refractivity contribution in [2.45, 2.75) is 51.0 Å². The fourth-order valence-corrected chi connectivity index (χ4v) is 6.08. The number of amides is 1. The molecule has 0 aromatic heterocycles. The molecule has 1 spiro atoms. The quantitative estimate of drug-likeness (QED) is 0.835. The molecular weight excluding hydrogens is 358 g/mol. The van der Waals surface area contributed by atoms with Crippen LogP contribution in [0.1, 0.15) is 50.5 Å². The molecule has 1 N–H and O–H groups in total. The SMILES string of the molecule is CC(=O)N1CC2(CCN(C3CCNCC3)CC2)C2=C1C=CC(c1ccccc1)C2. The average molecular weight is 392 g/mol. The van der Waals surface area contributed by atoms with Gasteiger partial charge in [0.05, 0.1) is 0 Å². The number of benzene rings is 1. The van der Waals surface area contributed by atoms with Gasteiger partial charge in [-0.3, -0.25) is 4.79 Å². The Labute approximate surface area is 174 Å². The van der Waals surface area contributed by atoms with Crippen LogP contribution in [0.2, 0.25) is 0 Å². The number of rotatable bonds is 2. The monoisotopic (exact) mass is 391 g/mol. The fourth-order valence-electron chi connectivity index (χ4n) is 6.08. The van der Waals surface area contributed by atoms with Gasteiger partial charge in [-0.15, -0.1) is 0 Å². The number of nitrogens with zero attached hydrogens (tertiary/aromatic N) is 2. The standard InChI is InChI=1S/C25H33N3O/c1-19(29)28-18-25(11-15-27(16-12-25)22-9-13-26-14-10-22)23-17-21(7-8-24(23)28)20-5-3-2-4-6-20/h2-8,21-22,26H,9-18H2,1H3. The highest BCUT2D eigenvalue weighted by atomic mass is 16.2. The predicted molar refractivity (Wildman–Crippen MR) is 116 cm³/mol. The number of nitrogens with one attached hydrogen (secondary N) is 1. The van der Waals surface area contributed by atoms with Gasteiger partial charge in [0, 0.05) is 36.5 Å². The third kappa shape index (κ3) is 3.47. The van der Waals surface area contributed by atoms with Crippen LogP contribution in [0.4, 0.5) is 0 Å². The predicted octanol–water partition coefficient (Wildman–Crippen LogP) is 3.68. The lowest BCUT2D eigenvalue weighted by Gasteiger charge is -2.45. The lowest BCUT2D eigenvalue weighted by molar-refractivity contribution is -0.127. The Hall–Kier alpha value is -1.91. The van der Waals surface area contributed by atoms with Gasteiger partial charge in [-0.05, 0) is 75.5 Å². The Balaban J connectivity index is 1.38. The van der Waals surface area contributed by atoms with Crippen molar-refractivity contribution >= 4 is 5.91 Å². The second-order valence-electron chi connectivity index (χ2n) is 9.35. The molecule has 1 aliphatic carbocycles. The first-order valence-electron chi connectivity index (χ1n) is 11.4. The second kappa shape index (κ2) is 7.73. The van der Waals surface area contributed by atoms with Gasteiger partial charge in [-0.2, -0.15) is 0 Å². The molecule has 4 aliphatic rings. The Morgan fingerprint density at radius 1 is 1.10 bits per heavy atom. The minimum atomic E-state index is 0.183. The van der Waals surface area contributed by atoms with Gasteiger partial charge < -0.3 is 15.1 Å². The highest BCUT2D eigenvalue weighted by molar-refractivity contribution is 5.77. The number of carbonyl (C=O) groups is 1. The molecule has 0 bridgehead atoms. The molecule has 0 radical (unpaired) electrons. The zero-order valence-electron chi connectivity index (χ0n) is 17.6. The van der Waals surface area contributed by atoms with Crippen molar-refractivity contribution in [1.29, 1.82) is 0 Å². The third-order valence-electron chi connectivity index (χ3n) is 7.80. The van der Waals surface area contributed by atoms with E-state index < -0.39 is 0 Å². The van der Waals surface area contributed by atoms with Crippen molar-refractivity contribution in [2.24, 2.45) is 5.41 Å². The van der Waals surface area contributed by atoms with Crippen molar-refractivity contribution in [3.63, 3.8) is 0 Å². The number of carbonyl (C=O) groups excluding carboxylic acids is 1. The summed E-state index contributed by atoms with van der Waals surface area (Å²) in [5.41, 5.74) is 4.33. The van der Waals surface area contributed by atoms with Crippen LogP contribution in [0.5, 0.6) is 0 Å². The van der Waals surface area contributed by atoms with Crippen molar-refractivity contribution in [2.75, 3.05) is 32.7 Å². The third-order valence-corrected chi connectivity index (χ3v) is 7.80. The smallest absolute Gasteiger partial charge is 0.223 e. The van der Waals surface area contributed by atoms with Gasteiger partial charge >= 0.3 is 0 Å². The molecule has 0 saturated carbocycles. The van der Waals surface area contributed by atoms with Crippen molar-refractivity contribution < 1.29 is 4.79 Å². The molecule has 1 aromatic rings. The van der Waals surface area contributed by atoms with E-state index in [-0.39, 0.29) is 11.3 Å². The van der Waals surface area contributed by atoms with Gasteiger partial charge in [0.15, 0.2) is 0 Å². The van der Waals surface area contributed by atoms with Crippen molar-refractivity contribution in [1.82, 2.24) is 15.1 Å². The van der Waals surface area contributed by atoms with E-state index in [2.05, 4.69) is 57.6 Å². The minimum absolute atomic E-state index is 0.183. The topological polar surface area (TPSA) is 35.6 Å². The van der Waals surface area contributed by atoms with E-state index in [1.165, 1.54) is 50.0 Å². The van der Waals surface area contributed by atoms with E-state index in [4.69, 9.17) is 0 Å². The largest absolute Gasteiger partial charge is 0.317 e. The lowest BCUT2D eigenvalue weighted by Crippen LogP contribution is -2.50. The van der Waals surface area contributed by atoms with Gasteiger partial charge in [-0.1, -0.05) is 36.4 Å². The molecule has 3 heterocycles. The zero-order chi connectivity index (χ0) is 19.8. The molecule has 1 aromatic carbocycles. The molecule has 4 heteroatoms. The van der Waals surface area contributed by atoms with E-state index in [9.17, 15) is 4.79 Å².